The SMILES string of the molecule is CCc1ccc(S(=O)(=O)NC(CC)CSC)cc1CNC. The average Bonchev–Trinajstić information content (AvgIpc) is 2.46. The molecule has 0 aliphatic carbocycles. The minimum Gasteiger partial charge on any atom is -0.316 e. The van der Waals surface area contributed by atoms with E-state index in [4.69, 9.17) is 0 Å². The Morgan fingerprint density at radius 2 is 1.95 bits per heavy atom. The molecule has 1 aromatic rings. The third kappa shape index (κ3) is 5.29. The predicted octanol–water partition coefficient (Wildman–Crippen LogP) is 2.39. The van der Waals surface area contributed by atoms with Gasteiger partial charge in [-0.3, -0.25) is 0 Å². The maximum Gasteiger partial charge on any atom is 0.240 e. The molecule has 0 saturated carbocycles. The summed E-state index contributed by atoms with van der Waals surface area (Å²) in [5.41, 5.74) is 2.22. The van der Waals surface area contributed by atoms with Gasteiger partial charge in [-0.25, -0.2) is 13.1 Å². The topological polar surface area (TPSA) is 58.2 Å². The van der Waals surface area contributed by atoms with Gasteiger partial charge in [0.15, 0.2) is 0 Å². The summed E-state index contributed by atoms with van der Waals surface area (Å²) in [5.74, 6) is 0.784. The predicted molar refractivity (Wildman–Crippen MR) is 91.4 cm³/mol. The van der Waals surface area contributed by atoms with Crippen molar-refractivity contribution >= 4 is 21.8 Å². The van der Waals surface area contributed by atoms with Gasteiger partial charge in [0, 0.05) is 18.3 Å². The second-order valence-electron chi connectivity index (χ2n) is 5.00. The first-order valence-corrected chi connectivity index (χ1v) is 10.1. The summed E-state index contributed by atoms with van der Waals surface area (Å²) < 4.78 is 27.8. The fourth-order valence-corrected chi connectivity index (χ4v) is 4.39. The number of aryl methyl sites for hydroxylation is 1. The standard InChI is InChI=1S/C15H26N2O2S2/c1-5-12-7-8-15(9-13(12)10-16-3)21(18,19)17-14(6-2)11-20-4/h7-9,14,16-17H,5-6,10-11H2,1-4H3. The number of hydrogen-bond acceptors (Lipinski definition) is 4. The number of rotatable bonds is 9. The molecule has 1 aromatic carbocycles. The van der Waals surface area contributed by atoms with E-state index in [2.05, 4.69) is 17.0 Å². The molecule has 6 heteroatoms. The number of nitrogens with one attached hydrogen (secondary N) is 2. The van der Waals surface area contributed by atoms with Gasteiger partial charge in [-0.2, -0.15) is 11.8 Å². The first-order valence-electron chi connectivity index (χ1n) is 7.26. The van der Waals surface area contributed by atoms with E-state index in [0.717, 1.165) is 24.2 Å². The first-order chi connectivity index (χ1) is 9.98. The smallest absolute Gasteiger partial charge is 0.240 e. The molecule has 120 valence electrons. The van der Waals surface area contributed by atoms with E-state index in [1.807, 2.05) is 26.3 Å². The Kier molecular flexibility index (Phi) is 7.73. The quantitative estimate of drug-likeness (QED) is 0.730. The lowest BCUT2D eigenvalue weighted by atomic mass is 10.1. The Bertz CT molecular complexity index is 545. The van der Waals surface area contributed by atoms with Crippen molar-refractivity contribution in [2.75, 3.05) is 19.1 Å². The lowest BCUT2D eigenvalue weighted by Gasteiger charge is -2.17. The van der Waals surface area contributed by atoms with Gasteiger partial charge in [-0.05, 0) is 49.4 Å². The molecule has 0 saturated heterocycles. The highest BCUT2D eigenvalue weighted by molar-refractivity contribution is 7.98. The van der Waals surface area contributed by atoms with Crippen molar-refractivity contribution in [2.45, 2.75) is 44.2 Å². The zero-order valence-corrected chi connectivity index (χ0v) is 14.9. The molecule has 4 nitrogen and oxygen atoms in total. The van der Waals surface area contributed by atoms with Crippen LogP contribution in [0.1, 0.15) is 31.4 Å². The molecule has 0 aromatic heterocycles. The average molecular weight is 331 g/mol. The monoisotopic (exact) mass is 330 g/mol. The largest absolute Gasteiger partial charge is 0.316 e. The van der Waals surface area contributed by atoms with Crippen molar-refractivity contribution in [1.82, 2.24) is 10.0 Å². The van der Waals surface area contributed by atoms with Crippen molar-refractivity contribution in [3.8, 4) is 0 Å². The number of sulfonamides is 1. The molecular weight excluding hydrogens is 304 g/mol. The van der Waals surface area contributed by atoms with Crippen LogP contribution in [0.5, 0.6) is 0 Å². The van der Waals surface area contributed by atoms with Gasteiger partial charge >= 0.3 is 0 Å². The molecule has 0 aliphatic heterocycles. The van der Waals surface area contributed by atoms with Gasteiger partial charge in [0.25, 0.3) is 0 Å². The fraction of sp³-hybridized carbons (Fsp3) is 0.600. The number of hydrogen-bond donors (Lipinski definition) is 2. The van der Waals surface area contributed by atoms with Gasteiger partial charge < -0.3 is 5.32 Å². The molecule has 0 amide bonds. The lowest BCUT2D eigenvalue weighted by molar-refractivity contribution is 0.558. The molecule has 1 rings (SSSR count). The highest BCUT2D eigenvalue weighted by Gasteiger charge is 2.19. The maximum absolute atomic E-state index is 12.5. The van der Waals surface area contributed by atoms with E-state index in [1.165, 1.54) is 5.56 Å². The summed E-state index contributed by atoms with van der Waals surface area (Å²) in [4.78, 5) is 0.351. The highest BCUT2D eigenvalue weighted by atomic mass is 32.2. The van der Waals surface area contributed by atoms with Crippen LogP contribution >= 0.6 is 11.8 Å². The Hall–Kier alpha value is -0.560. The van der Waals surface area contributed by atoms with Crippen molar-refractivity contribution in [3.63, 3.8) is 0 Å². The fourth-order valence-electron chi connectivity index (χ4n) is 2.19. The van der Waals surface area contributed by atoms with E-state index >= 15 is 0 Å². The van der Waals surface area contributed by atoms with Crippen LogP contribution in [-0.4, -0.2) is 33.5 Å². The maximum atomic E-state index is 12.5. The summed E-state index contributed by atoms with van der Waals surface area (Å²) in [6, 6.07) is 5.37. The van der Waals surface area contributed by atoms with E-state index < -0.39 is 10.0 Å². The Morgan fingerprint density at radius 1 is 1.24 bits per heavy atom. The molecule has 0 fully saturated rings. The van der Waals surface area contributed by atoms with Crippen LogP contribution < -0.4 is 10.0 Å². The van der Waals surface area contributed by atoms with E-state index in [0.29, 0.717) is 11.4 Å². The molecule has 0 heterocycles. The third-order valence-electron chi connectivity index (χ3n) is 3.42. The van der Waals surface area contributed by atoms with Crippen molar-refractivity contribution < 1.29 is 8.42 Å². The van der Waals surface area contributed by atoms with Crippen LogP contribution in [0, 0.1) is 0 Å². The highest BCUT2D eigenvalue weighted by Crippen LogP contribution is 2.18. The van der Waals surface area contributed by atoms with Gasteiger partial charge in [-0.15, -0.1) is 0 Å². The van der Waals surface area contributed by atoms with E-state index in [1.54, 1.807) is 23.9 Å². The Morgan fingerprint density at radius 3 is 2.48 bits per heavy atom. The zero-order valence-electron chi connectivity index (χ0n) is 13.3. The van der Waals surface area contributed by atoms with Crippen LogP contribution in [0.3, 0.4) is 0 Å². The molecule has 0 spiro atoms. The molecule has 1 unspecified atom stereocenters. The van der Waals surface area contributed by atoms with Crippen molar-refractivity contribution in [2.24, 2.45) is 0 Å². The second kappa shape index (κ2) is 8.78. The van der Waals surface area contributed by atoms with Gasteiger partial charge in [0.2, 0.25) is 10.0 Å². The van der Waals surface area contributed by atoms with E-state index in [-0.39, 0.29) is 6.04 Å². The normalized spacial score (nSPS) is 13.3. The second-order valence-corrected chi connectivity index (χ2v) is 7.62. The Labute approximate surface area is 133 Å². The molecular formula is C15H26N2O2S2. The lowest BCUT2D eigenvalue weighted by Crippen LogP contribution is -2.36. The minimum atomic E-state index is -3.45. The number of thioether (sulfide) groups is 1. The summed E-state index contributed by atoms with van der Waals surface area (Å²) >= 11 is 1.65. The third-order valence-corrected chi connectivity index (χ3v) is 5.67. The summed E-state index contributed by atoms with van der Waals surface area (Å²) in [6.45, 7) is 4.75. The zero-order chi connectivity index (χ0) is 15.9. The summed E-state index contributed by atoms with van der Waals surface area (Å²) in [5, 5.41) is 3.09. The van der Waals surface area contributed by atoms with Gasteiger partial charge in [0.1, 0.15) is 0 Å². The van der Waals surface area contributed by atoms with Gasteiger partial charge in [0.05, 0.1) is 4.90 Å². The summed E-state index contributed by atoms with van der Waals surface area (Å²) in [6.07, 6.45) is 3.67. The van der Waals surface area contributed by atoms with Crippen LogP contribution in [0.2, 0.25) is 0 Å². The molecule has 1 atom stereocenters. The van der Waals surface area contributed by atoms with E-state index in [9.17, 15) is 8.42 Å². The molecule has 0 radical (unpaired) electrons. The minimum absolute atomic E-state index is 0.0244. The molecule has 21 heavy (non-hydrogen) atoms. The van der Waals surface area contributed by atoms with Crippen molar-refractivity contribution in [1.29, 1.82) is 0 Å². The van der Waals surface area contributed by atoms with Crippen LogP contribution in [0.4, 0.5) is 0 Å². The van der Waals surface area contributed by atoms with Crippen LogP contribution in [0.25, 0.3) is 0 Å². The van der Waals surface area contributed by atoms with Crippen LogP contribution in [-0.2, 0) is 23.0 Å². The van der Waals surface area contributed by atoms with Crippen LogP contribution in [0.15, 0.2) is 23.1 Å². The van der Waals surface area contributed by atoms with Gasteiger partial charge in [-0.1, -0.05) is 19.9 Å². The Balaban J connectivity index is 3.04. The molecule has 0 bridgehead atoms. The first kappa shape index (κ1) is 18.5. The number of benzene rings is 1. The summed E-state index contributed by atoms with van der Waals surface area (Å²) in [7, 11) is -1.59. The van der Waals surface area contributed by atoms with Crippen molar-refractivity contribution in [3.05, 3.63) is 29.3 Å². The molecule has 0 aliphatic rings. The molecule has 2 N–H and O–H groups in total.